The van der Waals surface area contributed by atoms with Crippen LogP contribution in [0.25, 0.3) is 11.1 Å². The van der Waals surface area contributed by atoms with Crippen LogP contribution in [0.4, 0.5) is 0 Å². The summed E-state index contributed by atoms with van der Waals surface area (Å²) < 4.78 is 4.96. The molecule has 0 spiro atoms. The van der Waals surface area contributed by atoms with Crippen molar-refractivity contribution in [3.8, 4) is 11.1 Å². The van der Waals surface area contributed by atoms with Crippen molar-refractivity contribution >= 4 is 5.97 Å². The molecule has 1 N–H and O–H groups in total. The van der Waals surface area contributed by atoms with E-state index in [9.17, 15) is 4.79 Å². The van der Waals surface area contributed by atoms with Crippen LogP contribution in [0.3, 0.4) is 0 Å². The second-order valence-corrected chi connectivity index (χ2v) is 3.75. The number of benzene rings is 1. The third-order valence-electron chi connectivity index (χ3n) is 2.48. The van der Waals surface area contributed by atoms with Crippen molar-refractivity contribution in [3.05, 3.63) is 41.7 Å². The van der Waals surface area contributed by atoms with E-state index in [2.05, 4.69) is 10.2 Å². The number of H-pyrrole nitrogens is 1. The van der Waals surface area contributed by atoms with Gasteiger partial charge in [-0.05, 0) is 19.4 Å². The number of aryl methyl sites for hydroxylation is 1. The molecule has 0 radical (unpaired) electrons. The van der Waals surface area contributed by atoms with Gasteiger partial charge in [-0.1, -0.05) is 29.8 Å². The number of aromatic amines is 1. The molecule has 88 valence electrons. The van der Waals surface area contributed by atoms with Gasteiger partial charge in [-0.3, -0.25) is 5.10 Å². The van der Waals surface area contributed by atoms with E-state index in [1.54, 1.807) is 13.1 Å². The summed E-state index contributed by atoms with van der Waals surface area (Å²) in [5.74, 6) is -0.374. The van der Waals surface area contributed by atoms with Crippen molar-refractivity contribution in [2.45, 2.75) is 13.8 Å². The minimum absolute atomic E-state index is 0.352. The maximum absolute atomic E-state index is 11.7. The summed E-state index contributed by atoms with van der Waals surface area (Å²) in [6.07, 6.45) is 1.64. The molecular weight excluding hydrogens is 216 g/mol. The van der Waals surface area contributed by atoms with E-state index in [1.807, 2.05) is 31.2 Å². The zero-order valence-corrected chi connectivity index (χ0v) is 9.86. The summed E-state index contributed by atoms with van der Waals surface area (Å²) in [6, 6.07) is 7.92. The highest BCUT2D eigenvalue weighted by Gasteiger charge is 2.15. The summed E-state index contributed by atoms with van der Waals surface area (Å²) in [5.41, 5.74) is 3.29. The first kappa shape index (κ1) is 11.4. The minimum Gasteiger partial charge on any atom is -0.461 e. The van der Waals surface area contributed by atoms with Crippen LogP contribution in [0.15, 0.2) is 30.5 Å². The highest BCUT2D eigenvalue weighted by molar-refractivity contribution is 5.95. The Labute approximate surface area is 99.6 Å². The number of hydrogen-bond donors (Lipinski definition) is 1. The number of nitrogens with zero attached hydrogens (tertiary/aromatic N) is 1. The standard InChI is InChI=1S/C13H14N2O2/c1-3-17-13(16)12-11(8-14-15-12)10-6-4-9(2)5-7-10/h4-8H,3H2,1-2H3,(H,14,15). The Morgan fingerprint density at radius 2 is 2.06 bits per heavy atom. The Kier molecular flexibility index (Phi) is 3.23. The molecule has 0 aliphatic carbocycles. The molecule has 17 heavy (non-hydrogen) atoms. The van der Waals surface area contributed by atoms with Crippen molar-refractivity contribution in [2.24, 2.45) is 0 Å². The number of rotatable bonds is 3. The average molecular weight is 230 g/mol. The molecule has 0 bridgehead atoms. The van der Waals surface area contributed by atoms with Crippen LogP contribution in [0.2, 0.25) is 0 Å². The summed E-state index contributed by atoms with van der Waals surface area (Å²) in [7, 11) is 0. The molecule has 1 aromatic heterocycles. The predicted molar refractivity (Wildman–Crippen MR) is 64.7 cm³/mol. The number of aromatic nitrogens is 2. The molecule has 0 unspecified atom stereocenters. The summed E-state index contributed by atoms with van der Waals surface area (Å²) in [4.78, 5) is 11.7. The molecule has 0 saturated heterocycles. The monoisotopic (exact) mass is 230 g/mol. The molecule has 0 fully saturated rings. The lowest BCUT2D eigenvalue weighted by Crippen LogP contribution is -2.06. The number of hydrogen-bond acceptors (Lipinski definition) is 3. The molecule has 4 nitrogen and oxygen atoms in total. The van der Waals surface area contributed by atoms with Crippen LogP contribution >= 0.6 is 0 Å². The van der Waals surface area contributed by atoms with E-state index in [-0.39, 0.29) is 5.97 Å². The fraction of sp³-hybridized carbons (Fsp3) is 0.231. The summed E-state index contributed by atoms with van der Waals surface area (Å²) >= 11 is 0. The van der Waals surface area contributed by atoms with E-state index >= 15 is 0 Å². The Morgan fingerprint density at radius 1 is 1.35 bits per heavy atom. The summed E-state index contributed by atoms with van der Waals surface area (Å²) in [6.45, 7) is 4.15. The molecule has 0 amide bonds. The molecule has 1 aromatic carbocycles. The smallest absolute Gasteiger partial charge is 0.356 e. The number of nitrogens with one attached hydrogen (secondary N) is 1. The molecule has 0 aliphatic rings. The molecule has 4 heteroatoms. The second-order valence-electron chi connectivity index (χ2n) is 3.75. The first-order chi connectivity index (χ1) is 8.22. The lowest BCUT2D eigenvalue weighted by molar-refractivity contribution is 0.0520. The lowest BCUT2D eigenvalue weighted by atomic mass is 10.1. The highest BCUT2D eigenvalue weighted by Crippen LogP contribution is 2.22. The lowest BCUT2D eigenvalue weighted by Gasteiger charge is -2.03. The van der Waals surface area contributed by atoms with E-state index in [4.69, 9.17) is 4.74 Å². The van der Waals surface area contributed by atoms with Crippen molar-refractivity contribution in [1.29, 1.82) is 0 Å². The Hall–Kier alpha value is -2.10. The molecule has 0 aliphatic heterocycles. The van der Waals surface area contributed by atoms with Gasteiger partial charge in [0.15, 0.2) is 5.69 Å². The molecule has 0 saturated carbocycles. The van der Waals surface area contributed by atoms with E-state index in [1.165, 1.54) is 5.56 Å². The van der Waals surface area contributed by atoms with Gasteiger partial charge in [-0.15, -0.1) is 0 Å². The van der Waals surface area contributed by atoms with Gasteiger partial charge in [0.1, 0.15) is 0 Å². The third kappa shape index (κ3) is 2.36. The zero-order chi connectivity index (χ0) is 12.3. The van der Waals surface area contributed by atoms with E-state index in [0.717, 1.165) is 11.1 Å². The van der Waals surface area contributed by atoms with Gasteiger partial charge >= 0.3 is 5.97 Å². The fourth-order valence-corrected chi connectivity index (χ4v) is 1.60. The number of esters is 1. The highest BCUT2D eigenvalue weighted by atomic mass is 16.5. The van der Waals surface area contributed by atoms with Crippen LogP contribution in [-0.4, -0.2) is 22.8 Å². The van der Waals surface area contributed by atoms with Crippen LogP contribution in [0.1, 0.15) is 23.0 Å². The Morgan fingerprint density at radius 3 is 2.71 bits per heavy atom. The molecule has 2 rings (SSSR count). The van der Waals surface area contributed by atoms with E-state index < -0.39 is 0 Å². The second kappa shape index (κ2) is 4.82. The number of ether oxygens (including phenoxy) is 1. The van der Waals surface area contributed by atoms with Crippen LogP contribution < -0.4 is 0 Å². The topological polar surface area (TPSA) is 55.0 Å². The first-order valence-corrected chi connectivity index (χ1v) is 5.50. The molecule has 1 heterocycles. The molecule has 0 atom stereocenters. The SMILES string of the molecule is CCOC(=O)c1[nH]ncc1-c1ccc(C)cc1. The maximum Gasteiger partial charge on any atom is 0.356 e. The first-order valence-electron chi connectivity index (χ1n) is 5.50. The maximum atomic E-state index is 11.7. The third-order valence-corrected chi connectivity index (χ3v) is 2.48. The van der Waals surface area contributed by atoms with Crippen LogP contribution in [-0.2, 0) is 4.74 Å². The Bertz CT molecular complexity index is 514. The van der Waals surface area contributed by atoms with Crippen molar-refractivity contribution in [1.82, 2.24) is 10.2 Å². The van der Waals surface area contributed by atoms with Gasteiger partial charge in [-0.2, -0.15) is 5.10 Å². The number of carbonyl (C=O) groups excluding carboxylic acids is 1. The van der Waals surface area contributed by atoms with Gasteiger partial charge in [-0.25, -0.2) is 4.79 Å². The fourth-order valence-electron chi connectivity index (χ4n) is 1.60. The quantitative estimate of drug-likeness (QED) is 0.824. The zero-order valence-electron chi connectivity index (χ0n) is 9.86. The summed E-state index contributed by atoms with van der Waals surface area (Å²) in [5, 5.41) is 6.58. The van der Waals surface area contributed by atoms with Gasteiger partial charge in [0.2, 0.25) is 0 Å². The van der Waals surface area contributed by atoms with Gasteiger partial charge in [0, 0.05) is 5.56 Å². The van der Waals surface area contributed by atoms with Crippen molar-refractivity contribution in [2.75, 3.05) is 6.61 Å². The largest absolute Gasteiger partial charge is 0.461 e. The number of carbonyl (C=O) groups is 1. The molecular formula is C13H14N2O2. The van der Waals surface area contributed by atoms with Gasteiger partial charge in [0.05, 0.1) is 12.8 Å². The van der Waals surface area contributed by atoms with Gasteiger partial charge < -0.3 is 4.74 Å². The normalized spacial score (nSPS) is 10.2. The predicted octanol–water partition coefficient (Wildman–Crippen LogP) is 2.56. The van der Waals surface area contributed by atoms with Crippen LogP contribution in [0.5, 0.6) is 0 Å². The Balaban J connectivity index is 2.36. The minimum atomic E-state index is -0.374. The van der Waals surface area contributed by atoms with Crippen molar-refractivity contribution in [3.63, 3.8) is 0 Å². The van der Waals surface area contributed by atoms with Crippen molar-refractivity contribution < 1.29 is 9.53 Å². The molecule has 2 aromatic rings. The average Bonchev–Trinajstić information content (AvgIpc) is 2.79. The van der Waals surface area contributed by atoms with E-state index in [0.29, 0.717) is 12.3 Å². The van der Waals surface area contributed by atoms with Gasteiger partial charge in [0.25, 0.3) is 0 Å². The van der Waals surface area contributed by atoms with Crippen LogP contribution in [0, 0.1) is 6.92 Å².